The molecule has 0 saturated carbocycles. The molecule has 0 radical (unpaired) electrons. The fourth-order valence-corrected chi connectivity index (χ4v) is 2.12. The minimum Gasteiger partial charge on any atom is -0.353 e. The summed E-state index contributed by atoms with van der Waals surface area (Å²) in [5.74, 6) is 0.444. The van der Waals surface area contributed by atoms with Gasteiger partial charge in [-0.2, -0.15) is 0 Å². The van der Waals surface area contributed by atoms with Crippen molar-refractivity contribution in [2.24, 2.45) is 4.99 Å². The molecule has 0 spiro atoms. The van der Waals surface area contributed by atoms with Gasteiger partial charge in [-0.3, -0.25) is 10.4 Å². The molecule has 1 aromatic rings. The Bertz CT molecular complexity index is 483. The maximum atomic E-state index is 11.7. The molecule has 0 fully saturated rings. The van der Waals surface area contributed by atoms with Gasteiger partial charge in [0.2, 0.25) is 5.96 Å². The van der Waals surface area contributed by atoms with E-state index in [4.69, 9.17) is 0 Å². The van der Waals surface area contributed by atoms with E-state index in [-0.39, 0.29) is 4.90 Å². The monoisotopic (exact) mass is 240 g/mol. The molecule has 0 amide bonds. The minimum atomic E-state index is -3.53. The third kappa shape index (κ3) is 2.50. The molecule has 2 rings (SSSR count). The lowest BCUT2D eigenvalue weighted by Crippen LogP contribution is -2.46. The van der Waals surface area contributed by atoms with Crippen molar-refractivity contribution >= 4 is 16.0 Å². The van der Waals surface area contributed by atoms with Crippen molar-refractivity contribution in [1.29, 1.82) is 0 Å². The van der Waals surface area contributed by atoms with Crippen LogP contribution >= 0.6 is 0 Å². The Hall–Kier alpha value is -1.60. The van der Waals surface area contributed by atoms with Crippen molar-refractivity contribution in [3.8, 4) is 0 Å². The number of hydrazine groups is 1. The normalized spacial score (nSPS) is 15.4. The zero-order valence-electron chi connectivity index (χ0n) is 8.47. The molecule has 0 aromatic heterocycles. The number of sulfonamides is 1. The second-order valence-corrected chi connectivity index (χ2v) is 4.88. The molecule has 86 valence electrons. The quantitative estimate of drug-likeness (QED) is 0.618. The lowest BCUT2D eigenvalue weighted by atomic mass is 10.4. The third-order valence-corrected chi connectivity index (χ3v) is 3.30. The van der Waals surface area contributed by atoms with E-state index >= 15 is 0 Å². The summed E-state index contributed by atoms with van der Waals surface area (Å²) in [6.45, 7) is 1.37. The molecule has 1 aliphatic heterocycles. The summed E-state index contributed by atoms with van der Waals surface area (Å²) >= 11 is 0. The van der Waals surface area contributed by atoms with E-state index in [1.54, 1.807) is 18.2 Å². The molecule has 0 aliphatic carbocycles. The maximum Gasteiger partial charge on any atom is 0.257 e. The van der Waals surface area contributed by atoms with Crippen molar-refractivity contribution in [1.82, 2.24) is 15.6 Å². The molecule has 0 unspecified atom stereocenters. The summed E-state index contributed by atoms with van der Waals surface area (Å²) in [7, 11) is -3.53. The van der Waals surface area contributed by atoms with Crippen LogP contribution in [0.25, 0.3) is 0 Å². The number of aliphatic imine (C=N–C) groups is 1. The number of hydrogen-bond acceptors (Lipinski definition) is 5. The molecule has 1 aliphatic rings. The fourth-order valence-electron chi connectivity index (χ4n) is 1.26. The highest BCUT2D eigenvalue weighted by Crippen LogP contribution is 2.05. The Kier molecular flexibility index (Phi) is 3.07. The number of guanidine groups is 1. The van der Waals surface area contributed by atoms with Crippen molar-refractivity contribution in [3.05, 3.63) is 30.3 Å². The van der Waals surface area contributed by atoms with Crippen LogP contribution in [0.5, 0.6) is 0 Å². The van der Waals surface area contributed by atoms with E-state index in [2.05, 4.69) is 20.6 Å². The Morgan fingerprint density at radius 2 is 2.00 bits per heavy atom. The first-order valence-electron chi connectivity index (χ1n) is 4.80. The van der Waals surface area contributed by atoms with Gasteiger partial charge in [0.05, 0.1) is 11.4 Å². The molecule has 3 N–H and O–H groups in total. The Morgan fingerprint density at radius 1 is 1.25 bits per heavy atom. The van der Waals surface area contributed by atoms with Crippen LogP contribution in [-0.2, 0) is 10.0 Å². The smallest absolute Gasteiger partial charge is 0.257 e. The molecule has 7 heteroatoms. The van der Waals surface area contributed by atoms with Crippen LogP contribution in [0.2, 0.25) is 0 Å². The van der Waals surface area contributed by atoms with Gasteiger partial charge in [-0.05, 0) is 12.1 Å². The first-order valence-corrected chi connectivity index (χ1v) is 6.28. The van der Waals surface area contributed by atoms with E-state index in [9.17, 15) is 8.42 Å². The molecule has 0 bridgehead atoms. The van der Waals surface area contributed by atoms with Gasteiger partial charge < -0.3 is 5.32 Å². The Balaban J connectivity index is 2.03. The summed E-state index contributed by atoms with van der Waals surface area (Å²) < 4.78 is 23.5. The van der Waals surface area contributed by atoms with Crippen molar-refractivity contribution < 1.29 is 8.42 Å². The summed E-state index contributed by atoms with van der Waals surface area (Å²) in [6, 6.07) is 8.14. The summed E-state index contributed by atoms with van der Waals surface area (Å²) in [6.07, 6.45) is 0. The van der Waals surface area contributed by atoms with Crippen molar-refractivity contribution in [2.45, 2.75) is 4.90 Å². The number of nitrogens with zero attached hydrogens (tertiary/aromatic N) is 1. The van der Waals surface area contributed by atoms with Gasteiger partial charge in [-0.25, -0.2) is 8.42 Å². The molecule has 0 atom stereocenters. The average Bonchev–Trinajstić information content (AvgIpc) is 2.81. The summed E-state index contributed by atoms with van der Waals surface area (Å²) in [5.41, 5.74) is 2.52. The number of rotatable bonds is 3. The number of nitrogens with one attached hydrogen (secondary N) is 3. The van der Waals surface area contributed by atoms with E-state index in [0.29, 0.717) is 12.5 Å². The lowest BCUT2D eigenvalue weighted by Gasteiger charge is -2.08. The average molecular weight is 240 g/mol. The second kappa shape index (κ2) is 4.50. The lowest BCUT2D eigenvalue weighted by molar-refractivity contribution is 0.576. The largest absolute Gasteiger partial charge is 0.353 e. The minimum absolute atomic E-state index is 0.209. The van der Waals surface area contributed by atoms with Gasteiger partial charge in [0.15, 0.2) is 0 Å². The first-order chi connectivity index (χ1) is 7.68. The van der Waals surface area contributed by atoms with Crippen LogP contribution in [0, 0.1) is 0 Å². The van der Waals surface area contributed by atoms with E-state index in [1.165, 1.54) is 12.1 Å². The Labute approximate surface area is 93.8 Å². The first kappa shape index (κ1) is 10.9. The zero-order valence-corrected chi connectivity index (χ0v) is 9.29. The highest BCUT2D eigenvalue weighted by Gasteiger charge is 2.14. The zero-order chi connectivity index (χ0) is 11.4. The third-order valence-electron chi connectivity index (χ3n) is 2.03. The Morgan fingerprint density at radius 3 is 2.62 bits per heavy atom. The highest BCUT2D eigenvalue weighted by atomic mass is 32.2. The van der Waals surface area contributed by atoms with Gasteiger partial charge in [-0.15, -0.1) is 4.83 Å². The fraction of sp³-hybridized carbons (Fsp3) is 0.222. The van der Waals surface area contributed by atoms with Crippen molar-refractivity contribution in [2.75, 3.05) is 13.1 Å². The number of hydrogen-bond donors (Lipinski definition) is 3. The molecular weight excluding hydrogens is 228 g/mol. The van der Waals surface area contributed by atoms with Crippen LogP contribution in [0.15, 0.2) is 40.2 Å². The van der Waals surface area contributed by atoms with Crippen LogP contribution < -0.4 is 15.6 Å². The SMILES string of the molecule is O=S(=O)(NNC1=NCCN1)c1ccccc1. The van der Waals surface area contributed by atoms with Gasteiger partial charge in [0.25, 0.3) is 10.0 Å². The van der Waals surface area contributed by atoms with Crippen LogP contribution in [0.3, 0.4) is 0 Å². The van der Waals surface area contributed by atoms with E-state index in [0.717, 1.165) is 6.54 Å². The standard InChI is InChI=1S/C9H12N4O2S/c14-16(15,8-4-2-1-3-5-8)13-12-9-10-6-7-11-9/h1-5,13H,6-7H2,(H2,10,11,12). The van der Waals surface area contributed by atoms with Gasteiger partial charge in [0, 0.05) is 6.54 Å². The summed E-state index contributed by atoms with van der Waals surface area (Å²) in [4.78, 5) is 6.46. The van der Waals surface area contributed by atoms with E-state index < -0.39 is 10.0 Å². The van der Waals surface area contributed by atoms with Gasteiger partial charge in [-0.1, -0.05) is 18.2 Å². The van der Waals surface area contributed by atoms with E-state index in [1.807, 2.05) is 0 Å². The molecule has 1 aromatic carbocycles. The second-order valence-electron chi connectivity index (χ2n) is 3.20. The van der Waals surface area contributed by atoms with Gasteiger partial charge in [0.1, 0.15) is 0 Å². The highest BCUT2D eigenvalue weighted by molar-refractivity contribution is 7.89. The molecule has 0 saturated heterocycles. The molecule has 6 nitrogen and oxygen atoms in total. The van der Waals surface area contributed by atoms with Crippen molar-refractivity contribution in [3.63, 3.8) is 0 Å². The number of benzene rings is 1. The molecule has 1 heterocycles. The van der Waals surface area contributed by atoms with Gasteiger partial charge >= 0.3 is 0 Å². The topological polar surface area (TPSA) is 82.6 Å². The van der Waals surface area contributed by atoms with Crippen LogP contribution in [0.4, 0.5) is 0 Å². The summed E-state index contributed by atoms with van der Waals surface area (Å²) in [5, 5.41) is 2.89. The molecule has 16 heavy (non-hydrogen) atoms. The predicted molar refractivity (Wildman–Crippen MR) is 60.2 cm³/mol. The van der Waals surface area contributed by atoms with Crippen LogP contribution in [-0.4, -0.2) is 27.5 Å². The van der Waals surface area contributed by atoms with Crippen LogP contribution in [0.1, 0.15) is 0 Å². The maximum absolute atomic E-state index is 11.7. The predicted octanol–water partition coefficient (Wildman–Crippen LogP) is -0.571. The molecular formula is C9H12N4O2S.